The second-order valence-electron chi connectivity index (χ2n) is 8.41. The molecule has 0 saturated carbocycles. The van der Waals surface area contributed by atoms with Crippen LogP contribution in [0.25, 0.3) is 0 Å². The largest absolute Gasteiger partial charge is 0.162 e. The highest BCUT2D eigenvalue weighted by Gasteiger charge is 2.25. The Balaban J connectivity index is 2.40. The summed E-state index contributed by atoms with van der Waals surface area (Å²) in [5.74, 6) is 0. The van der Waals surface area contributed by atoms with Crippen molar-refractivity contribution in [1.29, 1.82) is 0 Å². The van der Waals surface area contributed by atoms with Crippen molar-refractivity contribution in [1.82, 2.24) is 0 Å². The summed E-state index contributed by atoms with van der Waals surface area (Å²) in [6.07, 6.45) is 6.69. The quantitative estimate of drug-likeness (QED) is 0.459. The molecule has 0 saturated heterocycles. The van der Waals surface area contributed by atoms with E-state index < -0.39 is 0 Å². The summed E-state index contributed by atoms with van der Waals surface area (Å²) in [7, 11) is 0. The fraction of sp³-hybridized carbons (Fsp3) is 0.520. The van der Waals surface area contributed by atoms with Crippen LogP contribution in [-0.2, 0) is 18.3 Å². The van der Waals surface area contributed by atoms with Gasteiger partial charge in [0.25, 0.3) is 0 Å². The second-order valence-corrected chi connectivity index (χ2v) is 11.0. The van der Waals surface area contributed by atoms with Gasteiger partial charge in [-0.3, -0.25) is 0 Å². The maximum absolute atomic E-state index is 2.45. The van der Waals surface area contributed by atoms with Gasteiger partial charge < -0.3 is 0 Å². The number of benzene rings is 2. The van der Waals surface area contributed by atoms with Crippen molar-refractivity contribution in [3.05, 3.63) is 69.8 Å². The fourth-order valence-corrected chi connectivity index (χ4v) is 4.21. The van der Waals surface area contributed by atoms with E-state index in [1.807, 2.05) is 23.5 Å². The molecule has 2 heteroatoms. The lowest BCUT2D eigenvalue weighted by atomic mass is 9.76. The minimum Gasteiger partial charge on any atom is -0.162 e. The van der Waals surface area contributed by atoms with Gasteiger partial charge in [0.2, 0.25) is 0 Å². The predicted octanol–water partition coefficient (Wildman–Crippen LogP) is 7.22. The highest BCUT2D eigenvalue weighted by atomic mass is 32.2. The van der Waals surface area contributed by atoms with E-state index in [0.29, 0.717) is 10.5 Å². The number of rotatable bonds is 8. The van der Waals surface area contributed by atoms with Crippen molar-refractivity contribution >= 4 is 23.5 Å². The molecule has 0 amide bonds. The van der Waals surface area contributed by atoms with Gasteiger partial charge in [-0.25, -0.2) is 0 Å². The summed E-state index contributed by atoms with van der Waals surface area (Å²) in [4.78, 5) is 0. The normalized spacial score (nSPS) is 14.2. The van der Waals surface area contributed by atoms with Crippen molar-refractivity contribution < 1.29 is 0 Å². The third kappa shape index (κ3) is 5.57. The Bertz CT molecular complexity index is 697. The molecule has 0 spiro atoms. The lowest BCUT2D eigenvalue weighted by Gasteiger charge is -2.28. The molecule has 0 aliphatic carbocycles. The van der Waals surface area contributed by atoms with Crippen molar-refractivity contribution in [3.63, 3.8) is 0 Å². The van der Waals surface area contributed by atoms with E-state index in [9.17, 15) is 0 Å². The first kappa shape index (κ1) is 22.4. The van der Waals surface area contributed by atoms with Crippen molar-refractivity contribution in [2.45, 2.75) is 70.3 Å². The molecule has 2 atom stereocenters. The Morgan fingerprint density at radius 2 is 1.11 bits per heavy atom. The first-order chi connectivity index (χ1) is 12.7. The molecule has 0 aromatic heterocycles. The van der Waals surface area contributed by atoms with Crippen LogP contribution in [0.3, 0.4) is 0 Å². The number of thioether (sulfide) groups is 2. The van der Waals surface area contributed by atoms with Crippen LogP contribution in [0.2, 0.25) is 0 Å². The topological polar surface area (TPSA) is 0 Å². The molecule has 27 heavy (non-hydrogen) atoms. The molecule has 0 aliphatic heterocycles. The summed E-state index contributed by atoms with van der Waals surface area (Å²) < 4.78 is 0. The van der Waals surface area contributed by atoms with Gasteiger partial charge in [-0.05, 0) is 72.6 Å². The van der Waals surface area contributed by atoms with Gasteiger partial charge in [0.15, 0.2) is 0 Å². The molecule has 2 aromatic carbocycles. The molecule has 0 N–H and O–H groups in total. The second kappa shape index (κ2) is 9.56. The Labute approximate surface area is 175 Å². The minimum atomic E-state index is 0.0100. The summed E-state index contributed by atoms with van der Waals surface area (Å²) in [5, 5.41) is 1.31. The Morgan fingerprint density at radius 1 is 0.741 bits per heavy atom. The average Bonchev–Trinajstić information content (AvgIpc) is 2.64. The zero-order chi connectivity index (χ0) is 20.2. The minimum absolute atomic E-state index is 0.0100. The fourth-order valence-electron chi connectivity index (χ4n) is 3.51. The van der Waals surface area contributed by atoms with E-state index in [1.165, 1.54) is 33.4 Å². The van der Waals surface area contributed by atoms with Gasteiger partial charge in [-0.2, -0.15) is 23.5 Å². The first-order valence-electron chi connectivity index (χ1n) is 9.94. The molecule has 2 aromatic rings. The molecule has 0 fully saturated rings. The summed E-state index contributed by atoms with van der Waals surface area (Å²) in [6, 6.07) is 14.2. The van der Waals surface area contributed by atoms with E-state index >= 15 is 0 Å². The van der Waals surface area contributed by atoms with Gasteiger partial charge in [-0.1, -0.05) is 64.1 Å². The monoisotopic (exact) mass is 400 g/mol. The van der Waals surface area contributed by atoms with Crippen LogP contribution in [-0.4, -0.2) is 23.0 Å². The maximum Gasteiger partial charge on any atom is 0.0146 e. The molecule has 148 valence electrons. The average molecular weight is 401 g/mol. The zero-order valence-corrected chi connectivity index (χ0v) is 20.0. The van der Waals surface area contributed by atoms with Crippen molar-refractivity contribution in [3.8, 4) is 0 Å². The zero-order valence-electron chi connectivity index (χ0n) is 18.3. The highest BCUT2D eigenvalue weighted by molar-refractivity contribution is 7.99. The van der Waals surface area contributed by atoms with E-state index in [4.69, 9.17) is 0 Å². The lowest BCUT2D eigenvalue weighted by molar-refractivity contribution is 0.637. The van der Waals surface area contributed by atoms with Crippen LogP contribution < -0.4 is 0 Å². The Hall–Kier alpha value is -0.860. The van der Waals surface area contributed by atoms with Crippen LogP contribution in [0.4, 0.5) is 0 Å². The number of hydrogen-bond donors (Lipinski definition) is 0. The molecule has 0 nitrogen and oxygen atoms in total. The summed E-state index contributed by atoms with van der Waals surface area (Å²) >= 11 is 3.89. The van der Waals surface area contributed by atoms with Crippen LogP contribution in [0.15, 0.2) is 36.4 Å². The molecular weight excluding hydrogens is 364 g/mol. The van der Waals surface area contributed by atoms with Gasteiger partial charge >= 0.3 is 0 Å². The molecule has 2 unspecified atom stereocenters. The van der Waals surface area contributed by atoms with Gasteiger partial charge in [0.05, 0.1) is 0 Å². The van der Waals surface area contributed by atoms with E-state index in [-0.39, 0.29) is 5.41 Å². The third-order valence-corrected chi connectivity index (χ3v) is 7.90. The van der Waals surface area contributed by atoms with Crippen LogP contribution >= 0.6 is 23.5 Å². The SMILES string of the molecule is CSC(C)Cc1cc(C(C)(C)c2ccc(C)c(CC(C)SC)c2)ccc1C. The predicted molar refractivity (Wildman–Crippen MR) is 128 cm³/mol. The number of aryl methyl sites for hydroxylation is 2. The highest BCUT2D eigenvalue weighted by Crippen LogP contribution is 2.34. The first-order valence-corrected chi connectivity index (χ1v) is 12.5. The van der Waals surface area contributed by atoms with Gasteiger partial charge in [0.1, 0.15) is 0 Å². The smallest absolute Gasteiger partial charge is 0.0146 e. The molecule has 0 heterocycles. The standard InChI is InChI=1S/C25H36S2/c1-17-9-11-23(15-21(17)13-19(3)26-7)25(5,6)24-12-10-18(2)22(16-24)14-20(4)27-8/h9-12,15-16,19-20H,13-14H2,1-8H3. The molecular formula is C25H36S2. The summed E-state index contributed by atoms with van der Waals surface area (Å²) in [5.41, 5.74) is 8.66. The van der Waals surface area contributed by atoms with E-state index in [1.54, 1.807) is 0 Å². The Kier molecular flexibility index (Phi) is 7.94. The summed E-state index contributed by atoms with van der Waals surface area (Å²) in [6.45, 7) is 13.9. The maximum atomic E-state index is 2.45. The van der Waals surface area contributed by atoms with Gasteiger partial charge in [-0.15, -0.1) is 0 Å². The Morgan fingerprint density at radius 3 is 1.44 bits per heavy atom. The van der Waals surface area contributed by atoms with Crippen molar-refractivity contribution in [2.24, 2.45) is 0 Å². The molecule has 2 rings (SSSR count). The van der Waals surface area contributed by atoms with Crippen LogP contribution in [0.5, 0.6) is 0 Å². The van der Waals surface area contributed by atoms with Crippen molar-refractivity contribution in [2.75, 3.05) is 12.5 Å². The molecule has 0 radical (unpaired) electrons. The molecule has 0 bridgehead atoms. The van der Waals surface area contributed by atoms with Crippen LogP contribution in [0, 0.1) is 13.8 Å². The van der Waals surface area contributed by atoms with Crippen LogP contribution in [0.1, 0.15) is 61.1 Å². The van der Waals surface area contributed by atoms with E-state index in [2.05, 4.69) is 90.5 Å². The molecule has 0 aliphatic rings. The number of hydrogen-bond acceptors (Lipinski definition) is 2. The van der Waals surface area contributed by atoms with E-state index in [0.717, 1.165) is 12.8 Å². The lowest BCUT2D eigenvalue weighted by Crippen LogP contribution is -2.20. The van der Waals surface area contributed by atoms with Gasteiger partial charge in [0, 0.05) is 15.9 Å². The third-order valence-electron chi connectivity index (χ3n) is 5.96.